The van der Waals surface area contributed by atoms with Crippen LogP contribution in [-0.2, 0) is 0 Å². The predicted molar refractivity (Wildman–Crippen MR) is 111 cm³/mol. The summed E-state index contributed by atoms with van der Waals surface area (Å²) >= 11 is 6.04. The van der Waals surface area contributed by atoms with Crippen molar-refractivity contribution < 1.29 is 1.37 Å². The van der Waals surface area contributed by atoms with Crippen molar-refractivity contribution in [2.75, 3.05) is 0 Å². The predicted octanol–water partition coefficient (Wildman–Crippen LogP) is 7.10. The van der Waals surface area contributed by atoms with Gasteiger partial charge in [-0.2, -0.15) is 0 Å². The van der Waals surface area contributed by atoms with Crippen LogP contribution in [0.1, 0.15) is 1.37 Å². The highest BCUT2D eigenvalue weighted by Crippen LogP contribution is 2.34. The van der Waals surface area contributed by atoms with E-state index in [4.69, 9.17) is 13.0 Å². The topological polar surface area (TPSA) is 4.93 Å². The van der Waals surface area contributed by atoms with Crippen LogP contribution in [-0.4, -0.2) is 4.57 Å². The van der Waals surface area contributed by atoms with Crippen molar-refractivity contribution in [3.63, 3.8) is 0 Å². The number of hydrogen-bond donors (Lipinski definition) is 0. The molecule has 2 heteroatoms. The van der Waals surface area contributed by atoms with E-state index < -0.39 is 0 Å². The molecule has 26 heavy (non-hydrogen) atoms. The molecule has 5 rings (SSSR count). The first kappa shape index (κ1) is 14.2. The third kappa shape index (κ3) is 2.40. The summed E-state index contributed by atoms with van der Waals surface area (Å²) in [6.07, 6.45) is 0. The summed E-state index contributed by atoms with van der Waals surface area (Å²) in [6.45, 7) is 0. The highest BCUT2D eigenvalue weighted by molar-refractivity contribution is 6.30. The summed E-state index contributed by atoms with van der Waals surface area (Å²) in [7, 11) is 0. The molecule has 0 amide bonds. The lowest BCUT2D eigenvalue weighted by Crippen LogP contribution is -1.92. The minimum Gasteiger partial charge on any atom is -0.309 e. The van der Waals surface area contributed by atoms with Gasteiger partial charge in [-0.15, -0.1) is 0 Å². The minimum atomic E-state index is 0.520. The normalized spacial score (nSPS) is 11.8. The molecule has 0 saturated heterocycles. The molecule has 0 aliphatic rings. The van der Waals surface area contributed by atoms with Crippen LogP contribution in [0.25, 0.3) is 38.6 Å². The van der Waals surface area contributed by atoms with Crippen molar-refractivity contribution in [2.45, 2.75) is 0 Å². The Balaban J connectivity index is 1.84. The molecule has 1 nitrogen and oxygen atoms in total. The summed E-state index contributed by atoms with van der Waals surface area (Å²) in [4.78, 5) is 0. The Morgan fingerprint density at radius 1 is 0.654 bits per heavy atom. The van der Waals surface area contributed by atoms with E-state index in [-0.39, 0.29) is 0 Å². The van der Waals surface area contributed by atoms with Crippen LogP contribution in [0.5, 0.6) is 0 Å². The van der Waals surface area contributed by atoms with Gasteiger partial charge in [-0.1, -0.05) is 66.2 Å². The lowest BCUT2D eigenvalue weighted by Gasteiger charge is -2.08. The number of nitrogens with zero attached hydrogens (tertiary/aromatic N) is 1. The Kier molecular flexibility index (Phi) is 3.30. The van der Waals surface area contributed by atoms with Gasteiger partial charge in [0.05, 0.1) is 12.4 Å². The monoisotopic (exact) mass is 354 g/mol. The standard InChI is InChI=1S/C24H16ClN/c25-19-13-10-17(11-14-19)18-12-15-24-22(16-18)21-8-4-5-9-23(21)26(24)20-6-2-1-3-7-20/h1-16H/i4D. The highest BCUT2D eigenvalue weighted by Gasteiger charge is 2.12. The lowest BCUT2D eigenvalue weighted by molar-refractivity contribution is 1.18. The molecule has 4 aromatic carbocycles. The Labute approximate surface area is 158 Å². The Morgan fingerprint density at radius 3 is 2.19 bits per heavy atom. The van der Waals surface area contributed by atoms with Crippen LogP contribution in [0.4, 0.5) is 0 Å². The first-order valence-electron chi connectivity index (χ1n) is 9.07. The van der Waals surface area contributed by atoms with E-state index in [2.05, 4.69) is 34.9 Å². The maximum atomic E-state index is 8.08. The number of para-hydroxylation sites is 2. The first-order valence-corrected chi connectivity index (χ1v) is 8.95. The average Bonchev–Trinajstić information content (AvgIpc) is 3.02. The van der Waals surface area contributed by atoms with Gasteiger partial charge in [0.2, 0.25) is 0 Å². The van der Waals surface area contributed by atoms with Gasteiger partial charge in [0.25, 0.3) is 0 Å². The Morgan fingerprint density at radius 2 is 1.38 bits per heavy atom. The van der Waals surface area contributed by atoms with Gasteiger partial charge in [-0.05, 0) is 53.6 Å². The zero-order chi connectivity index (χ0) is 18.4. The van der Waals surface area contributed by atoms with Gasteiger partial charge in [0, 0.05) is 21.5 Å². The van der Waals surface area contributed by atoms with Crippen LogP contribution in [0.2, 0.25) is 5.02 Å². The van der Waals surface area contributed by atoms with Crippen molar-refractivity contribution in [1.82, 2.24) is 4.57 Å². The summed E-state index contributed by atoms with van der Waals surface area (Å²) in [5.74, 6) is 0. The highest BCUT2D eigenvalue weighted by atomic mass is 35.5. The molecular weight excluding hydrogens is 338 g/mol. The van der Waals surface area contributed by atoms with E-state index >= 15 is 0 Å². The maximum absolute atomic E-state index is 8.08. The smallest absolute Gasteiger partial charge is 0.0623 e. The summed E-state index contributed by atoms with van der Waals surface area (Å²) in [5.41, 5.74) is 5.64. The minimum absolute atomic E-state index is 0.520. The summed E-state index contributed by atoms with van der Waals surface area (Å²) in [5, 5.41) is 2.98. The zero-order valence-electron chi connectivity index (χ0n) is 15.0. The molecule has 0 atom stereocenters. The molecule has 1 heterocycles. The Bertz CT molecular complexity index is 1270. The van der Waals surface area contributed by atoms with Gasteiger partial charge < -0.3 is 4.57 Å². The van der Waals surface area contributed by atoms with Gasteiger partial charge in [-0.3, -0.25) is 0 Å². The van der Waals surface area contributed by atoms with Crippen molar-refractivity contribution in [2.24, 2.45) is 0 Å². The zero-order valence-corrected chi connectivity index (χ0v) is 14.7. The lowest BCUT2D eigenvalue weighted by atomic mass is 10.0. The van der Waals surface area contributed by atoms with Gasteiger partial charge in [0.15, 0.2) is 0 Å². The van der Waals surface area contributed by atoms with Gasteiger partial charge >= 0.3 is 0 Å². The summed E-state index contributed by atoms with van der Waals surface area (Å²) < 4.78 is 10.3. The second-order valence-corrected chi connectivity index (χ2v) is 6.79. The molecule has 0 radical (unpaired) electrons. The van der Waals surface area contributed by atoms with Gasteiger partial charge in [-0.25, -0.2) is 0 Å². The fourth-order valence-electron chi connectivity index (χ4n) is 3.59. The van der Waals surface area contributed by atoms with E-state index in [1.807, 2.05) is 60.7 Å². The second kappa shape index (κ2) is 6.05. The van der Waals surface area contributed by atoms with E-state index in [0.717, 1.165) is 43.6 Å². The fraction of sp³-hybridized carbons (Fsp3) is 0. The average molecular weight is 355 g/mol. The number of rotatable bonds is 2. The third-order valence-electron chi connectivity index (χ3n) is 4.80. The molecule has 1 aromatic heterocycles. The first-order chi connectivity index (χ1) is 13.2. The molecule has 124 valence electrons. The molecule has 0 bridgehead atoms. The largest absolute Gasteiger partial charge is 0.309 e. The SMILES string of the molecule is [2H]c1ccc2c(c1)c1cc(-c3ccc(Cl)cc3)ccc1n2-c1ccccc1. The van der Waals surface area contributed by atoms with E-state index in [0.29, 0.717) is 6.04 Å². The Hall–Kier alpha value is -3.03. The number of benzene rings is 4. The number of halogens is 1. The molecule has 0 aliphatic heterocycles. The van der Waals surface area contributed by atoms with Crippen LogP contribution >= 0.6 is 11.6 Å². The molecule has 0 spiro atoms. The van der Waals surface area contributed by atoms with Crippen LogP contribution in [0, 0.1) is 0 Å². The van der Waals surface area contributed by atoms with Crippen molar-refractivity contribution in [3.8, 4) is 16.8 Å². The molecular formula is C24H16ClN. The number of fused-ring (bicyclic) bond motifs is 3. The van der Waals surface area contributed by atoms with Crippen molar-refractivity contribution in [1.29, 1.82) is 0 Å². The van der Waals surface area contributed by atoms with Crippen LogP contribution in [0.15, 0.2) is 97.0 Å². The second-order valence-electron chi connectivity index (χ2n) is 6.35. The molecule has 0 N–H and O–H groups in total. The molecule has 0 saturated carbocycles. The number of hydrogen-bond acceptors (Lipinski definition) is 0. The number of aromatic nitrogens is 1. The maximum Gasteiger partial charge on any atom is 0.0623 e. The van der Waals surface area contributed by atoms with Crippen LogP contribution < -0.4 is 0 Å². The third-order valence-corrected chi connectivity index (χ3v) is 5.05. The van der Waals surface area contributed by atoms with Crippen molar-refractivity contribution >= 4 is 33.4 Å². The van der Waals surface area contributed by atoms with Crippen molar-refractivity contribution in [3.05, 3.63) is 102 Å². The fourth-order valence-corrected chi connectivity index (χ4v) is 3.71. The van der Waals surface area contributed by atoms with E-state index in [9.17, 15) is 0 Å². The van der Waals surface area contributed by atoms with E-state index in [1.165, 1.54) is 0 Å². The molecule has 0 unspecified atom stereocenters. The molecule has 5 aromatic rings. The quantitative estimate of drug-likeness (QED) is 0.318. The molecule has 0 fully saturated rings. The molecule has 0 aliphatic carbocycles. The van der Waals surface area contributed by atoms with E-state index in [1.54, 1.807) is 0 Å². The summed E-state index contributed by atoms with van der Waals surface area (Å²) in [6, 6.07) is 31.1. The van der Waals surface area contributed by atoms with Gasteiger partial charge in [0.1, 0.15) is 0 Å². The van der Waals surface area contributed by atoms with Crippen LogP contribution in [0.3, 0.4) is 0 Å².